The van der Waals surface area contributed by atoms with Gasteiger partial charge in [0.15, 0.2) is 6.29 Å². The Bertz CT molecular complexity index is 394. The monoisotopic (exact) mass is 163 g/mol. The molecule has 0 aliphatic rings. The Kier molecular flexibility index (Phi) is 1.43. The minimum Gasteiger partial charge on any atom is -0.298 e. The number of nitrogens with zero attached hydrogens (tertiary/aromatic N) is 1. The Morgan fingerprint density at radius 3 is 3.27 bits per heavy atom. The van der Waals surface area contributed by atoms with Crippen molar-refractivity contribution in [1.82, 2.24) is 4.98 Å². The van der Waals surface area contributed by atoms with Gasteiger partial charge in [-0.2, -0.15) is 0 Å². The molecule has 2 aromatic heterocycles. The highest BCUT2D eigenvalue weighted by Crippen LogP contribution is 2.17. The number of pyridine rings is 1. The van der Waals surface area contributed by atoms with Crippen molar-refractivity contribution in [3.05, 3.63) is 29.3 Å². The van der Waals surface area contributed by atoms with Crippen molar-refractivity contribution in [2.45, 2.75) is 0 Å². The average Bonchev–Trinajstić information content (AvgIpc) is 2.50. The van der Waals surface area contributed by atoms with Crippen molar-refractivity contribution in [2.24, 2.45) is 0 Å². The van der Waals surface area contributed by atoms with E-state index in [1.807, 2.05) is 17.5 Å². The number of fused-ring (bicyclic) bond motifs is 1. The number of hydrogen-bond acceptors (Lipinski definition) is 3. The van der Waals surface area contributed by atoms with Crippen LogP contribution >= 0.6 is 11.3 Å². The summed E-state index contributed by atoms with van der Waals surface area (Å²) in [6.07, 6.45) is 2.40. The molecule has 0 spiro atoms. The van der Waals surface area contributed by atoms with Gasteiger partial charge in [-0.15, -0.1) is 11.3 Å². The lowest BCUT2D eigenvalue weighted by molar-refractivity contribution is 0.112. The molecule has 54 valence electrons. The summed E-state index contributed by atoms with van der Waals surface area (Å²) in [6.45, 7) is 0. The lowest BCUT2D eigenvalue weighted by Gasteiger charge is -1.88. The molecule has 2 heterocycles. The first-order valence-electron chi connectivity index (χ1n) is 3.18. The molecule has 0 saturated carbocycles. The molecule has 3 heteroatoms. The van der Waals surface area contributed by atoms with Crippen molar-refractivity contribution in [3.8, 4) is 0 Å². The smallest absolute Gasteiger partial charge is 0.151 e. The summed E-state index contributed by atoms with van der Waals surface area (Å²) in [6, 6.07) is 3.80. The van der Waals surface area contributed by atoms with E-state index in [0.717, 1.165) is 16.5 Å². The molecule has 0 saturated heterocycles. The number of carbonyl (C=O) groups excluding carboxylic acids is 1. The highest BCUT2D eigenvalue weighted by molar-refractivity contribution is 7.16. The third kappa shape index (κ3) is 1.03. The lowest BCUT2D eigenvalue weighted by Crippen LogP contribution is -1.79. The number of aldehydes is 1. The van der Waals surface area contributed by atoms with E-state index in [1.165, 1.54) is 0 Å². The second kappa shape index (κ2) is 2.43. The first kappa shape index (κ1) is 6.49. The second-order valence-electron chi connectivity index (χ2n) is 2.20. The molecular formula is C8H5NOS. The van der Waals surface area contributed by atoms with Crippen LogP contribution in [0.3, 0.4) is 0 Å². The summed E-state index contributed by atoms with van der Waals surface area (Å²) in [7, 11) is 0. The van der Waals surface area contributed by atoms with Crippen molar-refractivity contribution in [2.75, 3.05) is 0 Å². The topological polar surface area (TPSA) is 30.0 Å². The van der Waals surface area contributed by atoms with Gasteiger partial charge < -0.3 is 0 Å². The van der Waals surface area contributed by atoms with Gasteiger partial charge >= 0.3 is 0 Å². The summed E-state index contributed by atoms with van der Waals surface area (Å²) in [5.41, 5.74) is 0.635. The number of aromatic nitrogens is 1. The van der Waals surface area contributed by atoms with Crippen LogP contribution in [0.2, 0.25) is 0 Å². The highest BCUT2D eigenvalue weighted by Gasteiger charge is 1.96. The van der Waals surface area contributed by atoms with Crippen LogP contribution in [0.1, 0.15) is 10.4 Å². The van der Waals surface area contributed by atoms with E-state index in [4.69, 9.17) is 0 Å². The van der Waals surface area contributed by atoms with Crippen LogP contribution in [-0.4, -0.2) is 11.3 Å². The Balaban J connectivity index is 2.76. The molecule has 0 fully saturated rings. The van der Waals surface area contributed by atoms with E-state index in [-0.39, 0.29) is 0 Å². The van der Waals surface area contributed by atoms with Gasteiger partial charge in [-0.25, -0.2) is 4.98 Å². The fourth-order valence-electron chi connectivity index (χ4n) is 0.940. The number of rotatable bonds is 1. The molecule has 0 unspecified atom stereocenters. The maximum atomic E-state index is 10.3. The van der Waals surface area contributed by atoms with Crippen molar-refractivity contribution in [3.63, 3.8) is 0 Å². The molecule has 11 heavy (non-hydrogen) atoms. The van der Waals surface area contributed by atoms with Crippen LogP contribution in [0.15, 0.2) is 23.7 Å². The first-order valence-corrected chi connectivity index (χ1v) is 4.06. The zero-order valence-corrected chi connectivity index (χ0v) is 6.47. The molecule has 0 amide bonds. The van der Waals surface area contributed by atoms with E-state index in [1.54, 1.807) is 17.5 Å². The third-order valence-electron chi connectivity index (χ3n) is 1.46. The minimum atomic E-state index is 0.635. The normalized spacial score (nSPS) is 10.2. The van der Waals surface area contributed by atoms with Crippen molar-refractivity contribution in [1.29, 1.82) is 0 Å². The zero-order valence-electron chi connectivity index (χ0n) is 5.65. The van der Waals surface area contributed by atoms with E-state index >= 15 is 0 Å². The summed E-state index contributed by atoms with van der Waals surface area (Å²) in [5.74, 6) is 0. The van der Waals surface area contributed by atoms with Crippen molar-refractivity contribution < 1.29 is 4.79 Å². The van der Waals surface area contributed by atoms with Gasteiger partial charge in [0.05, 0.1) is 0 Å². The van der Waals surface area contributed by atoms with Crippen LogP contribution in [0.5, 0.6) is 0 Å². The maximum absolute atomic E-state index is 10.3. The van der Waals surface area contributed by atoms with Crippen LogP contribution in [0, 0.1) is 0 Å². The van der Waals surface area contributed by atoms with Crippen molar-refractivity contribution >= 4 is 27.8 Å². The molecule has 0 aliphatic carbocycles. The standard InChI is InChI=1S/C8H5NOS/c10-5-6-3-7-1-2-11-8(7)9-4-6/h1-5H. The Morgan fingerprint density at radius 1 is 1.55 bits per heavy atom. The Labute approximate surface area is 67.5 Å². The molecule has 0 aromatic carbocycles. The Hall–Kier alpha value is -1.22. The van der Waals surface area contributed by atoms with Gasteiger partial charge in [0, 0.05) is 17.1 Å². The molecule has 0 atom stereocenters. The van der Waals surface area contributed by atoms with Crippen LogP contribution < -0.4 is 0 Å². The minimum absolute atomic E-state index is 0.635. The molecule has 0 bridgehead atoms. The maximum Gasteiger partial charge on any atom is 0.151 e. The predicted molar refractivity (Wildman–Crippen MR) is 45.0 cm³/mol. The SMILES string of the molecule is O=Cc1cnc2sccc2c1. The zero-order chi connectivity index (χ0) is 7.68. The Morgan fingerprint density at radius 2 is 2.45 bits per heavy atom. The highest BCUT2D eigenvalue weighted by atomic mass is 32.1. The van der Waals surface area contributed by atoms with E-state index < -0.39 is 0 Å². The fourth-order valence-corrected chi connectivity index (χ4v) is 1.66. The predicted octanol–water partition coefficient (Wildman–Crippen LogP) is 2.11. The molecule has 2 rings (SSSR count). The third-order valence-corrected chi connectivity index (χ3v) is 2.30. The molecule has 0 N–H and O–H groups in total. The summed E-state index contributed by atoms with van der Waals surface area (Å²) < 4.78 is 0. The van der Waals surface area contributed by atoms with Crippen LogP contribution in [-0.2, 0) is 0 Å². The van der Waals surface area contributed by atoms with E-state index in [9.17, 15) is 4.79 Å². The van der Waals surface area contributed by atoms with Crippen LogP contribution in [0.4, 0.5) is 0 Å². The van der Waals surface area contributed by atoms with Crippen LogP contribution in [0.25, 0.3) is 10.2 Å². The second-order valence-corrected chi connectivity index (χ2v) is 3.10. The van der Waals surface area contributed by atoms with Gasteiger partial charge in [0.25, 0.3) is 0 Å². The first-order chi connectivity index (χ1) is 5.40. The molecule has 2 nitrogen and oxygen atoms in total. The van der Waals surface area contributed by atoms with Gasteiger partial charge in [-0.3, -0.25) is 4.79 Å². The number of thiophene rings is 1. The van der Waals surface area contributed by atoms with Gasteiger partial charge in [-0.05, 0) is 17.5 Å². The molecular weight excluding hydrogens is 158 g/mol. The summed E-state index contributed by atoms with van der Waals surface area (Å²) >= 11 is 1.58. The summed E-state index contributed by atoms with van der Waals surface area (Å²) in [4.78, 5) is 15.4. The fraction of sp³-hybridized carbons (Fsp3) is 0. The lowest BCUT2D eigenvalue weighted by atomic mass is 10.2. The van der Waals surface area contributed by atoms with Gasteiger partial charge in [0.1, 0.15) is 4.83 Å². The summed E-state index contributed by atoms with van der Waals surface area (Å²) in [5, 5.41) is 3.01. The number of carbonyl (C=O) groups is 1. The average molecular weight is 163 g/mol. The van der Waals surface area contributed by atoms with E-state index in [0.29, 0.717) is 5.56 Å². The van der Waals surface area contributed by atoms with E-state index in [2.05, 4.69) is 4.98 Å². The number of hydrogen-bond donors (Lipinski definition) is 0. The van der Waals surface area contributed by atoms with Gasteiger partial charge in [-0.1, -0.05) is 0 Å². The quantitative estimate of drug-likeness (QED) is 0.602. The van der Waals surface area contributed by atoms with Gasteiger partial charge in [0.2, 0.25) is 0 Å². The molecule has 2 aromatic rings. The molecule has 0 aliphatic heterocycles. The molecule has 0 radical (unpaired) electrons. The largest absolute Gasteiger partial charge is 0.298 e.